The molecule has 4 nitrogen and oxygen atoms in total. The molecule has 0 unspecified atom stereocenters. The van der Waals surface area contributed by atoms with E-state index in [1.54, 1.807) is 22.6 Å². The predicted octanol–water partition coefficient (Wildman–Crippen LogP) is 2.83. The highest BCUT2D eigenvalue weighted by Crippen LogP contribution is 2.26. The molecule has 0 bridgehead atoms. The minimum Gasteiger partial charge on any atom is -0.478 e. The molecular formula is C10H6F4INO3. The minimum atomic E-state index is -4.89. The van der Waals surface area contributed by atoms with E-state index in [-0.39, 0.29) is 0 Å². The largest absolute Gasteiger partial charge is 0.478 e. The molecule has 0 saturated heterocycles. The van der Waals surface area contributed by atoms with E-state index in [1.165, 1.54) is 11.4 Å². The lowest BCUT2D eigenvalue weighted by molar-refractivity contribution is -0.163. The average Bonchev–Trinajstić information content (AvgIpc) is 2.30. The van der Waals surface area contributed by atoms with Crippen LogP contribution in [0.1, 0.15) is 10.4 Å². The highest BCUT2D eigenvalue weighted by Gasteiger charge is 2.49. The predicted molar refractivity (Wildman–Crippen MR) is 65.7 cm³/mol. The number of carbonyl (C=O) groups excluding carboxylic acids is 1. The van der Waals surface area contributed by atoms with Gasteiger partial charge in [0.2, 0.25) is 0 Å². The molecule has 1 aromatic carbocycles. The number of nitrogens with one attached hydrogen (secondary N) is 1. The Bertz CT molecular complexity index is 521. The van der Waals surface area contributed by atoms with E-state index >= 15 is 0 Å². The number of alkyl halides is 4. The van der Waals surface area contributed by atoms with Gasteiger partial charge in [0.15, 0.2) is 0 Å². The Morgan fingerprint density at radius 1 is 1.32 bits per heavy atom. The third-order valence-electron chi connectivity index (χ3n) is 2.04. The topological polar surface area (TPSA) is 66.4 Å². The molecule has 0 atom stereocenters. The van der Waals surface area contributed by atoms with Crippen molar-refractivity contribution >= 4 is 40.2 Å². The Labute approximate surface area is 117 Å². The summed E-state index contributed by atoms with van der Waals surface area (Å²) >= 11 is 1.77. The zero-order chi connectivity index (χ0) is 14.8. The summed E-state index contributed by atoms with van der Waals surface area (Å²) in [6.45, 7) is 0. The van der Waals surface area contributed by atoms with E-state index in [0.29, 0.717) is 3.57 Å². The zero-order valence-corrected chi connectivity index (χ0v) is 11.1. The second-order valence-corrected chi connectivity index (χ2v) is 4.62. The van der Waals surface area contributed by atoms with Crippen LogP contribution in [0.3, 0.4) is 0 Å². The van der Waals surface area contributed by atoms with Crippen LogP contribution >= 0.6 is 22.6 Å². The summed E-state index contributed by atoms with van der Waals surface area (Å²) < 4.78 is 49.9. The standard InChI is InChI=1S/C10H6F4INO3/c11-8(12)10(13,14)9(19)16-6-2-1-4(15)3-5(6)7(17)18/h1-3,8H,(H,16,19)(H,17,18). The molecule has 19 heavy (non-hydrogen) atoms. The molecule has 9 heteroatoms. The molecule has 0 saturated carbocycles. The number of carbonyl (C=O) groups is 2. The van der Waals surface area contributed by atoms with E-state index in [2.05, 4.69) is 0 Å². The van der Waals surface area contributed by atoms with Gasteiger partial charge in [-0.25, -0.2) is 13.6 Å². The van der Waals surface area contributed by atoms with Gasteiger partial charge in [0.05, 0.1) is 11.3 Å². The summed E-state index contributed by atoms with van der Waals surface area (Å²) in [7, 11) is 0. The number of hydrogen-bond donors (Lipinski definition) is 2. The lowest BCUT2D eigenvalue weighted by Gasteiger charge is -2.16. The van der Waals surface area contributed by atoms with Gasteiger partial charge in [-0.05, 0) is 40.8 Å². The van der Waals surface area contributed by atoms with Crippen LogP contribution in [-0.2, 0) is 4.79 Å². The van der Waals surface area contributed by atoms with Crippen molar-refractivity contribution in [2.75, 3.05) is 5.32 Å². The van der Waals surface area contributed by atoms with Crippen LogP contribution in [0.15, 0.2) is 18.2 Å². The highest BCUT2D eigenvalue weighted by molar-refractivity contribution is 14.1. The number of anilines is 1. The van der Waals surface area contributed by atoms with Crippen molar-refractivity contribution in [1.29, 1.82) is 0 Å². The molecule has 0 aromatic heterocycles. The molecule has 0 aliphatic rings. The highest BCUT2D eigenvalue weighted by atomic mass is 127. The Hall–Kier alpha value is -1.39. The van der Waals surface area contributed by atoms with Gasteiger partial charge in [0, 0.05) is 3.57 Å². The maximum Gasteiger partial charge on any atom is 0.383 e. The molecule has 104 valence electrons. The van der Waals surface area contributed by atoms with Gasteiger partial charge in [-0.2, -0.15) is 8.78 Å². The minimum absolute atomic E-state index is 0.467. The number of hydrogen-bond acceptors (Lipinski definition) is 2. The van der Waals surface area contributed by atoms with Crippen molar-refractivity contribution in [3.8, 4) is 0 Å². The number of carboxylic acids is 1. The van der Waals surface area contributed by atoms with E-state index in [9.17, 15) is 27.2 Å². The third kappa shape index (κ3) is 3.55. The fourth-order valence-corrected chi connectivity index (χ4v) is 1.60. The van der Waals surface area contributed by atoms with Gasteiger partial charge < -0.3 is 10.4 Å². The fraction of sp³-hybridized carbons (Fsp3) is 0.200. The molecule has 0 aliphatic heterocycles. The number of rotatable bonds is 4. The smallest absolute Gasteiger partial charge is 0.383 e. The molecule has 0 aliphatic carbocycles. The first kappa shape index (κ1) is 15.7. The Morgan fingerprint density at radius 3 is 2.37 bits per heavy atom. The second-order valence-electron chi connectivity index (χ2n) is 3.37. The first-order valence-electron chi connectivity index (χ1n) is 4.66. The lowest BCUT2D eigenvalue weighted by Crippen LogP contribution is -2.41. The number of halogens is 5. The van der Waals surface area contributed by atoms with Crippen LogP contribution in [0.4, 0.5) is 23.2 Å². The molecule has 1 rings (SSSR count). The number of benzene rings is 1. The molecular weight excluding hydrogens is 385 g/mol. The van der Waals surface area contributed by atoms with Crippen LogP contribution in [0.5, 0.6) is 0 Å². The van der Waals surface area contributed by atoms with Crippen molar-refractivity contribution in [3.63, 3.8) is 0 Å². The van der Waals surface area contributed by atoms with Crippen molar-refractivity contribution in [1.82, 2.24) is 0 Å². The van der Waals surface area contributed by atoms with E-state index in [1.807, 2.05) is 0 Å². The quantitative estimate of drug-likeness (QED) is 0.613. The number of amides is 1. The Balaban J connectivity index is 3.07. The van der Waals surface area contributed by atoms with Crippen molar-refractivity contribution in [2.24, 2.45) is 0 Å². The molecule has 0 fully saturated rings. The van der Waals surface area contributed by atoms with Crippen molar-refractivity contribution in [2.45, 2.75) is 12.3 Å². The Morgan fingerprint density at radius 2 is 1.89 bits per heavy atom. The van der Waals surface area contributed by atoms with Crippen molar-refractivity contribution < 1.29 is 32.3 Å². The maximum atomic E-state index is 12.7. The molecule has 0 spiro atoms. The summed E-state index contributed by atoms with van der Waals surface area (Å²) in [5.74, 6) is -8.63. The summed E-state index contributed by atoms with van der Waals surface area (Å²) in [6.07, 6.45) is -4.18. The average molecular weight is 391 g/mol. The maximum absolute atomic E-state index is 12.7. The summed E-state index contributed by atoms with van der Waals surface area (Å²) in [6, 6.07) is 3.49. The van der Waals surface area contributed by atoms with Gasteiger partial charge >= 0.3 is 24.2 Å². The summed E-state index contributed by atoms with van der Waals surface area (Å²) in [4.78, 5) is 21.8. The van der Waals surface area contributed by atoms with E-state index < -0.39 is 35.5 Å². The van der Waals surface area contributed by atoms with Crippen LogP contribution in [0.2, 0.25) is 0 Å². The molecule has 0 radical (unpaired) electrons. The molecule has 0 heterocycles. The van der Waals surface area contributed by atoms with E-state index in [4.69, 9.17) is 5.11 Å². The van der Waals surface area contributed by atoms with Crippen LogP contribution in [0.25, 0.3) is 0 Å². The summed E-state index contributed by atoms with van der Waals surface area (Å²) in [5.41, 5.74) is -0.941. The van der Waals surface area contributed by atoms with Crippen LogP contribution < -0.4 is 5.32 Å². The molecule has 1 aromatic rings. The third-order valence-corrected chi connectivity index (χ3v) is 2.71. The molecule has 1 amide bonds. The second kappa shape index (κ2) is 5.72. The Kier molecular flexibility index (Phi) is 4.71. The van der Waals surface area contributed by atoms with Crippen molar-refractivity contribution in [3.05, 3.63) is 27.3 Å². The van der Waals surface area contributed by atoms with Crippen LogP contribution in [0, 0.1) is 3.57 Å². The van der Waals surface area contributed by atoms with Gasteiger partial charge in [0.25, 0.3) is 0 Å². The summed E-state index contributed by atoms with van der Waals surface area (Å²) in [5, 5.41) is 10.3. The zero-order valence-electron chi connectivity index (χ0n) is 8.96. The van der Waals surface area contributed by atoms with Crippen LogP contribution in [-0.4, -0.2) is 29.3 Å². The number of carboxylic acid groups (broad SMARTS) is 1. The fourth-order valence-electron chi connectivity index (χ4n) is 1.11. The van der Waals surface area contributed by atoms with Gasteiger partial charge in [-0.3, -0.25) is 4.79 Å². The monoisotopic (exact) mass is 391 g/mol. The van der Waals surface area contributed by atoms with Gasteiger partial charge in [0.1, 0.15) is 0 Å². The van der Waals surface area contributed by atoms with Gasteiger partial charge in [-0.1, -0.05) is 0 Å². The lowest BCUT2D eigenvalue weighted by atomic mass is 10.1. The number of aromatic carboxylic acids is 1. The first-order chi connectivity index (χ1) is 8.66. The van der Waals surface area contributed by atoms with Gasteiger partial charge in [-0.15, -0.1) is 0 Å². The van der Waals surface area contributed by atoms with E-state index in [0.717, 1.165) is 12.1 Å². The first-order valence-corrected chi connectivity index (χ1v) is 5.74. The normalized spacial score (nSPS) is 11.5. The SMILES string of the molecule is O=C(O)c1cc(I)ccc1NC(=O)C(F)(F)C(F)F. The molecule has 2 N–H and O–H groups in total.